The highest BCUT2D eigenvalue weighted by Crippen LogP contribution is 2.53. The third-order valence-corrected chi connectivity index (χ3v) is 5.42. The molecule has 0 radical (unpaired) electrons. The van der Waals surface area contributed by atoms with Crippen LogP contribution < -0.4 is 0 Å². The largest absolute Gasteiger partial charge is 0.303 e. The third-order valence-electron chi connectivity index (χ3n) is 5.42. The van der Waals surface area contributed by atoms with Crippen LogP contribution in [0.1, 0.15) is 51.7 Å². The van der Waals surface area contributed by atoms with Gasteiger partial charge in [-0.1, -0.05) is 52.0 Å². The molecule has 1 nitrogen and oxygen atoms in total. The topological polar surface area (TPSA) is 17.1 Å². The Bertz CT molecular complexity index is 443. The minimum Gasteiger partial charge on any atom is -0.303 e. The molecule has 0 saturated carbocycles. The maximum Gasteiger partial charge on any atom is 0.120 e. The maximum atomic E-state index is 10.7. The lowest BCUT2D eigenvalue weighted by Gasteiger charge is -2.52. The summed E-state index contributed by atoms with van der Waals surface area (Å²) >= 11 is 0. The van der Waals surface area contributed by atoms with Gasteiger partial charge in [0.05, 0.1) is 0 Å². The summed E-state index contributed by atoms with van der Waals surface area (Å²) in [5.41, 5.74) is 3.34. The van der Waals surface area contributed by atoms with Gasteiger partial charge in [0.25, 0.3) is 0 Å². The molecule has 1 aliphatic rings. The summed E-state index contributed by atoms with van der Waals surface area (Å²) in [5.74, 6) is 0.590. The van der Waals surface area contributed by atoms with Gasteiger partial charge < -0.3 is 4.79 Å². The van der Waals surface area contributed by atoms with Crippen molar-refractivity contribution in [2.75, 3.05) is 0 Å². The predicted molar refractivity (Wildman–Crippen MR) is 75.7 cm³/mol. The number of fused-ring (bicyclic) bond motifs is 1. The molecule has 0 aromatic heterocycles. The van der Waals surface area contributed by atoms with Crippen molar-refractivity contribution < 1.29 is 4.79 Å². The third kappa shape index (κ3) is 1.90. The first-order valence-corrected chi connectivity index (χ1v) is 6.93. The average molecular weight is 244 g/mol. The summed E-state index contributed by atoms with van der Waals surface area (Å²) in [4.78, 5) is 10.7. The summed E-state index contributed by atoms with van der Waals surface area (Å²) in [6, 6.07) is 8.79. The van der Waals surface area contributed by atoms with Crippen molar-refractivity contribution in [3.05, 3.63) is 35.4 Å². The highest BCUT2D eigenvalue weighted by atomic mass is 16.1. The maximum absolute atomic E-state index is 10.7. The second-order valence-corrected chi connectivity index (χ2v) is 6.65. The number of benzene rings is 1. The van der Waals surface area contributed by atoms with Crippen molar-refractivity contribution in [2.24, 2.45) is 11.3 Å². The van der Waals surface area contributed by atoms with Crippen molar-refractivity contribution in [1.82, 2.24) is 0 Å². The van der Waals surface area contributed by atoms with Gasteiger partial charge in [-0.05, 0) is 40.7 Å². The minimum absolute atomic E-state index is 0.162. The number of aldehydes is 1. The molecule has 0 N–H and O–H groups in total. The highest BCUT2D eigenvalue weighted by Gasteiger charge is 2.47. The highest BCUT2D eigenvalue weighted by molar-refractivity contribution is 5.49. The Balaban J connectivity index is 2.43. The number of rotatable bonds is 3. The molecule has 0 bridgehead atoms. The lowest BCUT2D eigenvalue weighted by Crippen LogP contribution is -2.47. The average Bonchev–Trinajstić information content (AvgIpc) is 2.33. The van der Waals surface area contributed by atoms with Gasteiger partial charge in [0, 0.05) is 6.42 Å². The second-order valence-electron chi connectivity index (χ2n) is 6.65. The number of carbonyl (C=O) groups excluding carboxylic acids is 1. The Hall–Kier alpha value is -1.11. The van der Waals surface area contributed by atoms with Crippen LogP contribution in [0.5, 0.6) is 0 Å². The molecule has 0 heterocycles. The van der Waals surface area contributed by atoms with E-state index in [9.17, 15) is 4.79 Å². The molecule has 2 rings (SSSR count). The summed E-state index contributed by atoms with van der Waals surface area (Å²) in [6.07, 6.45) is 3.87. The van der Waals surface area contributed by atoms with Crippen LogP contribution in [0.3, 0.4) is 0 Å². The second kappa shape index (κ2) is 4.53. The van der Waals surface area contributed by atoms with Gasteiger partial charge in [-0.3, -0.25) is 0 Å². The molecule has 0 fully saturated rings. The molecule has 1 aromatic carbocycles. The zero-order valence-electron chi connectivity index (χ0n) is 12.0. The molecular weight excluding hydrogens is 220 g/mol. The Morgan fingerprint density at radius 3 is 2.56 bits per heavy atom. The van der Waals surface area contributed by atoms with Gasteiger partial charge in [0.1, 0.15) is 6.29 Å². The molecule has 1 heteroatoms. The fraction of sp³-hybridized carbons (Fsp3) is 0.588. The first-order valence-electron chi connectivity index (χ1n) is 6.93. The van der Waals surface area contributed by atoms with Crippen LogP contribution >= 0.6 is 0 Å². The van der Waals surface area contributed by atoms with E-state index in [4.69, 9.17) is 0 Å². The lowest BCUT2D eigenvalue weighted by atomic mass is 9.52. The van der Waals surface area contributed by atoms with Crippen molar-refractivity contribution in [3.63, 3.8) is 0 Å². The van der Waals surface area contributed by atoms with E-state index in [1.807, 2.05) is 0 Å². The number of hydrogen-bond acceptors (Lipinski definition) is 1. The number of carbonyl (C=O) groups is 1. The predicted octanol–water partition coefficient (Wildman–Crippen LogP) is 4.14. The van der Waals surface area contributed by atoms with Crippen LogP contribution in [0.25, 0.3) is 0 Å². The van der Waals surface area contributed by atoms with Crippen LogP contribution in [0.4, 0.5) is 0 Å². The Kier molecular flexibility index (Phi) is 3.35. The van der Waals surface area contributed by atoms with Crippen molar-refractivity contribution >= 4 is 6.29 Å². The molecule has 98 valence electrons. The van der Waals surface area contributed by atoms with Gasteiger partial charge >= 0.3 is 0 Å². The van der Waals surface area contributed by atoms with Gasteiger partial charge in [0.15, 0.2) is 0 Å². The van der Waals surface area contributed by atoms with Gasteiger partial charge in [-0.25, -0.2) is 0 Å². The molecule has 1 aliphatic carbocycles. The normalized spacial score (nSPS) is 24.3. The fourth-order valence-electron chi connectivity index (χ4n) is 3.42. The van der Waals surface area contributed by atoms with Crippen LogP contribution in [0, 0.1) is 11.3 Å². The number of hydrogen-bond donors (Lipinski definition) is 0. The quantitative estimate of drug-likeness (QED) is 0.730. The molecular formula is C17H24O. The van der Waals surface area contributed by atoms with Gasteiger partial charge in [-0.2, -0.15) is 0 Å². The molecule has 0 saturated heterocycles. The molecule has 0 spiro atoms. The van der Waals surface area contributed by atoms with E-state index < -0.39 is 0 Å². The SMILES string of the molecule is CC1(C)c2ccccc2CC(CCC=O)C1(C)C. The van der Waals surface area contributed by atoms with E-state index in [1.54, 1.807) is 0 Å². The molecule has 0 aliphatic heterocycles. The van der Waals surface area contributed by atoms with Crippen LogP contribution in [-0.4, -0.2) is 6.29 Å². The summed E-state index contributed by atoms with van der Waals surface area (Å²) in [5, 5.41) is 0. The van der Waals surface area contributed by atoms with Crippen molar-refractivity contribution in [2.45, 2.75) is 52.4 Å². The monoisotopic (exact) mass is 244 g/mol. The minimum atomic E-state index is 0.162. The van der Waals surface area contributed by atoms with Crippen LogP contribution in [0.2, 0.25) is 0 Å². The van der Waals surface area contributed by atoms with Crippen LogP contribution in [-0.2, 0) is 16.6 Å². The molecule has 1 aromatic rings. The summed E-state index contributed by atoms with van der Waals surface area (Å²) < 4.78 is 0. The Labute approximate surface area is 111 Å². The van der Waals surface area contributed by atoms with E-state index in [0.29, 0.717) is 12.3 Å². The lowest BCUT2D eigenvalue weighted by molar-refractivity contribution is -0.108. The van der Waals surface area contributed by atoms with E-state index in [0.717, 1.165) is 19.1 Å². The Morgan fingerprint density at radius 2 is 1.89 bits per heavy atom. The molecule has 1 atom stereocenters. The van der Waals surface area contributed by atoms with E-state index >= 15 is 0 Å². The summed E-state index contributed by atoms with van der Waals surface area (Å²) in [7, 11) is 0. The zero-order chi connectivity index (χ0) is 13.4. The van der Waals surface area contributed by atoms with E-state index in [2.05, 4.69) is 52.0 Å². The zero-order valence-corrected chi connectivity index (χ0v) is 12.0. The van der Waals surface area contributed by atoms with Crippen molar-refractivity contribution in [1.29, 1.82) is 0 Å². The summed E-state index contributed by atoms with van der Waals surface area (Å²) in [6.45, 7) is 9.41. The van der Waals surface area contributed by atoms with Crippen molar-refractivity contribution in [3.8, 4) is 0 Å². The first kappa shape index (κ1) is 13.3. The van der Waals surface area contributed by atoms with Gasteiger partial charge in [-0.15, -0.1) is 0 Å². The smallest absolute Gasteiger partial charge is 0.120 e. The molecule has 18 heavy (non-hydrogen) atoms. The van der Waals surface area contributed by atoms with E-state index in [-0.39, 0.29) is 10.8 Å². The van der Waals surface area contributed by atoms with E-state index in [1.165, 1.54) is 11.1 Å². The van der Waals surface area contributed by atoms with Crippen LogP contribution in [0.15, 0.2) is 24.3 Å². The first-order chi connectivity index (χ1) is 8.41. The van der Waals surface area contributed by atoms with Gasteiger partial charge in [0.2, 0.25) is 0 Å². The molecule has 1 unspecified atom stereocenters. The molecule has 0 amide bonds. The standard InChI is InChI=1S/C17H24O/c1-16(2)14(9-7-11-18)12-13-8-5-6-10-15(13)17(16,3)4/h5-6,8,10-11,14H,7,9,12H2,1-4H3. The Morgan fingerprint density at radius 1 is 1.22 bits per heavy atom. The fourth-order valence-corrected chi connectivity index (χ4v) is 3.42.